The number of carbonyl (C=O) groups is 1. The van der Waals surface area contributed by atoms with Crippen molar-refractivity contribution >= 4 is 23.5 Å². The van der Waals surface area contributed by atoms with Crippen LogP contribution in [-0.4, -0.2) is 59.6 Å². The number of guanidine groups is 1. The molecule has 0 unspecified atom stereocenters. The molecule has 1 aromatic heterocycles. The number of hydrogen-bond acceptors (Lipinski definition) is 5. The van der Waals surface area contributed by atoms with E-state index in [1.807, 2.05) is 30.9 Å². The molecule has 1 fully saturated rings. The summed E-state index contributed by atoms with van der Waals surface area (Å²) in [5.41, 5.74) is 0.824. The van der Waals surface area contributed by atoms with Crippen molar-refractivity contribution in [3.8, 4) is 11.4 Å². The quantitative estimate of drug-likeness (QED) is 0.538. The zero-order valence-electron chi connectivity index (χ0n) is 17.7. The van der Waals surface area contributed by atoms with Gasteiger partial charge in [-0.3, -0.25) is 9.79 Å². The van der Waals surface area contributed by atoms with Gasteiger partial charge in [-0.1, -0.05) is 42.7 Å². The molecule has 1 aromatic carbocycles. The van der Waals surface area contributed by atoms with E-state index in [0.717, 1.165) is 37.5 Å². The predicted molar refractivity (Wildman–Crippen MR) is 117 cm³/mol. The number of nitrogens with zero attached hydrogens (tertiary/aromatic N) is 4. The average Bonchev–Trinajstić information content (AvgIpc) is 3.22. The molecule has 30 heavy (non-hydrogen) atoms. The molecule has 1 saturated heterocycles. The molecule has 8 nitrogen and oxygen atoms in total. The molecule has 0 bridgehead atoms. The molecular weight excluding hydrogens is 404 g/mol. The van der Waals surface area contributed by atoms with Crippen LogP contribution in [-0.2, 0) is 11.2 Å². The van der Waals surface area contributed by atoms with Gasteiger partial charge in [-0.05, 0) is 25.0 Å². The van der Waals surface area contributed by atoms with Gasteiger partial charge in [-0.25, -0.2) is 0 Å². The van der Waals surface area contributed by atoms with E-state index in [-0.39, 0.29) is 11.8 Å². The Morgan fingerprint density at radius 1 is 1.37 bits per heavy atom. The molecule has 0 radical (unpaired) electrons. The standard InChI is InChI=1S/C21H29ClN6O2/c1-14(2)20(29)28-11-8-17(9-12-28)25-21(23-3)24-10-7-18-26-19(27-30-18)15-5-4-6-16(22)13-15/h4-6,13-14,17H,7-12H2,1-3H3,(H2,23,24,25). The first-order chi connectivity index (χ1) is 14.5. The minimum Gasteiger partial charge on any atom is -0.356 e. The topological polar surface area (TPSA) is 95.7 Å². The third kappa shape index (κ3) is 5.95. The Hall–Kier alpha value is -2.61. The van der Waals surface area contributed by atoms with E-state index in [0.29, 0.717) is 35.7 Å². The summed E-state index contributed by atoms with van der Waals surface area (Å²) < 4.78 is 5.34. The van der Waals surface area contributed by atoms with E-state index in [1.165, 1.54) is 0 Å². The molecule has 9 heteroatoms. The van der Waals surface area contributed by atoms with Crippen LogP contribution in [0.15, 0.2) is 33.8 Å². The Morgan fingerprint density at radius 2 is 2.13 bits per heavy atom. The van der Waals surface area contributed by atoms with Crippen LogP contribution in [0.3, 0.4) is 0 Å². The van der Waals surface area contributed by atoms with Crippen molar-refractivity contribution in [3.63, 3.8) is 0 Å². The fraction of sp³-hybridized carbons (Fsp3) is 0.524. The number of likely N-dealkylation sites (tertiary alicyclic amines) is 1. The van der Waals surface area contributed by atoms with Crippen molar-refractivity contribution in [3.05, 3.63) is 35.2 Å². The molecule has 3 rings (SSSR count). The number of carbonyl (C=O) groups excluding carboxylic acids is 1. The summed E-state index contributed by atoms with van der Waals surface area (Å²) in [6, 6.07) is 7.66. The molecule has 2 heterocycles. The van der Waals surface area contributed by atoms with Gasteiger partial charge in [0.1, 0.15) is 0 Å². The van der Waals surface area contributed by atoms with Crippen molar-refractivity contribution in [2.24, 2.45) is 10.9 Å². The zero-order chi connectivity index (χ0) is 21.5. The molecule has 1 aliphatic rings. The Bertz CT molecular complexity index is 874. The van der Waals surface area contributed by atoms with Gasteiger partial charge >= 0.3 is 0 Å². The third-order valence-electron chi connectivity index (χ3n) is 5.05. The van der Waals surface area contributed by atoms with Gasteiger partial charge in [-0.15, -0.1) is 0 Å². The lowest BCUT2D eigenvalue weighted by molar-refractivity contribution is -0.135. The Kier molecular flexibility index (Phi) is 7.68. The predicted octanol–water partition coefficient (Wildman–Crippen LogP) is 2.74. The first-order valence-corrected chi connectivity index (χ1v) is 10.7. The van der Waals surface area contributed by atoms with Crippen LogP contribution in [0, 0.1) is 5.92 Å². The summed E-state index contributed by atoms with van der Waals surface area (Å²) >= 11 is 6.02. The fourth-order valence-electron chi connectivity index (χ4n) is 3.39. The highest BCUT2D eigenvalue weighted by Crippen LogP contribution is 2.20. The SMILES string of the molecule is CN=C(NCCc1nc(-c2cccc(Cl)c2)no1)NC1CCN(C(=O)C(C)C)CC1. The second kappa shape index (κ2) is 10.4. The highest BCUT2D eigenvalue weighted by molar-refractivity contribution is 6.30. The lowest BCUT2D eigenvalue weighted by atomic mass is 10.0. The molecule has 2 N–H and O–H groups in total. The number of benzene rings is 1. The number of aromatic nitrogens is 2. The summed E-state index contributed by atoms with van der Waals surface area (Å²) in [5.74, 6) is 2.09. The molecule has 0 aliphatic carbocycles. The Morgan fingerprint density at radius 3 is 2.80 bits per heavy atom. The van der Waals surface area contributed by atoms with Gasteiger partial charge < -0.3 is 20.1 Å². The van der Waals surface area contributed by atoms with Crippen LogP contribution in [0.5, 0.6) is 0 Å². The molecule has 0 atom stereocenters. The molecule has 2 aromatic rings. The highest BCUT2D eigenvalue weighted by atomic mass is 35.5. The number of aliphatic imine (C=N–C) groups is 1. The lowest BCUT2D eigenvalue weighted by Crippen LogP contribution is -2.50. The lowest BCUT2D eigenvalue weighted by Gasteiger charge is -2.34. The van der Waals surface area contributed by atoms with E-state index in [2.05, 4.69) is 25.8 Å². The van der Waals surface area contributed by atoms with Crippen molar-refractivity contribution in [2.75, 3.05) is 26.7 Å². The average molecular weight is 433 g/mol. The maximum Gasteiger partial charge on any atom is 0.228 e. The number of piperidine rings is 1. The van der Waals surface area contributed by atoms with Gasteiger partial charge in [0, 0.05) is 55.6 Å². The van der Waals surface area contributed by atoms with Crippen molar-refractivity contribution in [1.82, 2.24) is 25.7 Å². The smallest absolute Gasteiger partial charge is 0.228 e. The maximum atomic E-state index is 12.1. The molecular formula is C21H29ClN6O2. The maximum absolute atomic E-state index is 12.1. The molecule has 0 saturated carbocycles. The van der Waals surface area contributed by atoms with Gasteiger partial charge in [0.2, 0.25) is 17.6 Å². The number of amides is 1. The molecule has 1 aliphatic heterocycles. The second-order valence-electron chi connectivity index (χ2n) is 7.67. The third-order valence-corrected chi connectivity index (χ3v) is 5.28. The van der Waals surface area contributed by atoms with E-state index >= 15 is 0 Å². The number of halogens is 1. The van der Waals surface area contributed by atoms with Crippen LogP contribution in [0.25, 0.3) is 11.4 Å². The first kappa shape index (κ1) is 22.1. The zero-order valence-corrected chi connectivity index (χ0v) is 18.4. The van der Waals surface area contributed by atoms with Gasteiger partial charge in [0.15, 0.2) is 5.96 Å². The van der Waals surface area contributed by atoms with Crippen LogP contribution in [0.2, 0.25) is 5.02 Å². The molecule has 162 valence electrons. The summed E-state index contributed by atoms with van der Waals surface area (Å²) in [6.45, 7) is 6.06. The van der Waals surface area contributed by atoms with Crippen LogP contribution in [0.1, 0.15) is 32.6 Å². The van der Waals surface area contributed by atoms with Crippen LogP contribution < -0.4 is 10.6 Å². The van der Waals surface area contributed by atoms with Gasteiger partial charge in [0.05, 0.1) is 0 Å². The normalized spacial score (nSPS) is 15.5. The number of rotatable bonds is 6. The number of nitrogens with one attached hydrogen (secondary N) is 2. The van der Waals surface area contributed by atoms with Crippen molar-refractivity contribution in [2.45, 2.75) is 39.2 Å². The van der Waals surface area contributed by atoms with Gasteiger partial charge in [0.25, 0.3) is 0 Å². The van der Waals surface area contributed by atoms with E-state index < -0.39 is 0 Å². The van der Waals surface area contributed by atoms with Gasteiger partial charge in [-0.2, -0.15) is 4.98 Å². The summed E-state index contributed by atoms with van der Waals surface area (Å²) in [6.07, 6.45) is 2.40. The second-order valence-corrected chi connectivity index (χ2v) is 8.11. The van der Waals surface area contributed by atoms with Crippen molar-refractivity contribution < 1.29 is 9.32 Å². The van der Waals surface area contributed by atoms with Crippen molar-refractivity contribution in [1.29, 1.82) is 0 Å². The van der Waals surface area contributed by atoms with E-state index in [1.54, 1.807) is 19.2 Å². The monoisotopic (exact) mass is 432 g/mol. The minimum atomic E-state index is 0.0491. The van der Waals surface area contributed by atoms with E-state index in [4.69, 9.17) is 16.1 Å². The fourth-order valence-corrected chi connectivity index (χ4v) is 3.58. The highest BCUT2D eigenvalue weighted by Gasteiger charge is 2.24. The Labute approximate surface area is 182 Å². The summed E-state index contributed by atoms with van der Waals surface area (Å²) in [4.78, 5) is 22.8. The van der Waals surface area contributed by atoms with E-state index in [9.17, 15) is 4.79 Å². The first-order valence-electron chi connectivity index (χ1n) is 10.3. The number of hydrogen-bond donors (Lipinski definition) is 2. The van der Waals surface area contributed by atoms with Crippen LogP contribution in [0.4, 0.5) is 0 Å². The van der Waals surface area contributed by atoms with Crippen LogP contribution >= 0.6 is 11.6 Å². The molecule has 1 amide bonds. The summed E-state index contributed by atoms with van der Waals surface area (Å²) in [5, 5.41) is 11.4. The summed E-state index contributed by atoms with van der Waals surface area (Å²) in [7, 11) is 1.75. The minimum absolute atomic E-state index is 0.0491. The largest absolute Gasteiger partial charge is 0.356 e. The molecule has 0 spiro atoms. The Balaban J connectivity index is 1.43.